The Balaban J connectivity index is 1.54. The SMILES string of the molecule is CCOC(=O)NC[C@H]1CN(CC2=C(c3ccn(C(F)F)n3)[C@H](c3ccc(F)cc3Cl)N=C(c3nccs3)N2)C(=O)O1. The van der Waals surface area contributed by atoms with Gasteiger partial charge in [-0.1, -0.05) is 17.7 Å². The summed E-state index contributed by atoms with van der Waals surface area (Å²) in [4.78, 5) is 35.0. The summed E-state index contributed by atoms with van der Waals surface area (Å²) in [6.45, 7) is -0.966. The number of aliphatic imine (C=N–C) groups is 1. The number of carbonyl (C=O) groups is 2. The number of carbonyl (C=O) groups excluding carboxylic acids is 2. The lowest BCUT2D eigenvalue weighted by atomic mass is 9.93. The summed E-state index contributed by atoms with van der Waals surface area (Å²) in [5.41, 5.74) is 1.28. The highest BCUT2D eigenvalue weighted by Crippen LogP contribution is 2.41. The predicted molar refractivity (Wildman–Crippen MR) is 143 cm³/mol. The van der Waals surface area contributed by atoms with E-state index in [-0.39, 0.29) is 37.0 Å². The second-order valence-electron chi connectivity index (χ2n) is 8.85. The number of rotatable bonds is 9. The maximum absolute atomic E-state index is 14.0. The summed E-state index contributed by atoms with van der Waals surface area (Å²) >= 11 is 7.75. The molecule has 2 aromatic heterocycles. The molecule has 4 heterocycles. The predicted octanol–water partition coefficient (Wildman–Crippen LogP) is 4.60. The summed E-state index contributed by atoms with van der Waals surface area (Å²) in [5.74, 6) is -0.225. The first-order valence-corrected chi connectivity index (χ1v) is 13.6. The standard InChI is InChI=1S/C25H23ClF3N7O4S/c1-2-39-24(37)31-10-14-11-35(25(38)40-14)12-18-19(17-5-7-36(34-17)23(28)29)20(15-4-3-13(27)9-16(15)26)33-21(32-18)22-30-6-8-41-22/h3-9,14,20,23H,2,10-12H2,1H3,(H,31,37)(H,32,33)/t14-,20-/m0/s1. The Morgan fingerprint density at radius 1 is 1.37 bits per heavy atom. The highest BCUT2D eigenvalue weighted by molar-refractivity contribution is 7.11. The Morgan fingerprint density at radius 3 is 2.88 bits per heavy atom. The van der Waals surface area contributed by atoms with Crippen LogP contribution in [0.15, 0.2) is 52.7 Å². The van der Waals surface area contributed by atoms with Crippen molar-refractivity contribution in [2.75, 3.05) is 26.2 Å². The quantitative estimate of drug-likeness (QED) is 0.364. The first-order chi connectivity index (χ1) is 19.7. The van der Waals surface area contributed by atoms with Gasteiger partial charge in [0.1, 0.15) is 18.0 Å². The minimum atomic E-state index is -2.90. The van der Waals surface area contributed by atoms with E-state index < -0.39 is 36.7 Å². The largest absolute Gasteiger partial charge is 0.450 e. The summed E-state index contributed by atoms with van der Waals surface area (Å²) in [7, 11) is 0. The molecule has 5 rings (SSSR count). The van der Waals surface area contributed by atoms with Gasteiger partial charge in [-0.15, -0.1) is 11.3 Å². The average Bonchev–Trinajstić information content (AvgIpc) is 3.70. The van der Waals surface area contributed by atoms with Crippen molar-refractivity contribution in [1.29, 1.82) is 0 Å². The molecule has 2 N–H and O–H groups in total. The van der Waals surface area contributed by atoms with Crippen molar-refractivity contribution in [3.05, 3.63) is 74.8 Å². The highest BCUT2D eigenvalue weighted by Gasteiger charge is 2.36. The maximum atomic E-state index is 14.0. The van der Waals surface area contributed by atoms with Crippen molar-refractivity contribution in [1.82, 2.24) is 30.3 Å². The van der Waals surface area contributed by atoms with Gasteiger partial charge in [0.25, 0.3) is 0 Å². The number of amidine groups is 1. The van der Waals surface area contributed by atoms with E-state index in [1.54, 1.807) is 18.5 Å². The van der Waals surface area contributed by atoms with Crippen molar-refractivity contribution >= 4 is 46.5 Å². The van der Waals surface area contributed by atoms with Crippen LogP contribution in [0.5, 0.6) is 0 Å². The molecule has 0 spiro atoms. The number of hydrogen-bond donors (Lipinski definition) is 2. The number of amides is 2. The average molecular weight is 610 g/mol. The third-order valence-corrected chi connectivity index (χ3v) is 7.26. The second-order valence-corrected chi connectivity index (χ2v) is 10.1. The molecule has 11 nitrogen and oxygen atoms in total. The molecule has 0 saturated carbocycles. The van der Waals surface area contributed by atoms with Crippen molar-refractivity contribution in [3.8, 4) is 0 Å². The van der Waals surface area contributed by atoms with Crippen LogP contribution in [-0.2, 0) is 9.47 Å². The van der Waals surface area contributed by atoms with Gasteiger partial charge in [-0.2, -0.15) is 13.9 Å². The number of alkyl carbamates (subject to hydrolysis) is 1. The van der Waals surface area contributed by atoms with Gasteiger partial charge in [-0.05, 0) is 25.1 Å². The maximum Gasteiger partial charge on any atom is 0.410 e. The third kappa shape index (κ3) is 6.30. The van der Waals surface area contributed by atoms with E-state index in [0.29, 0.717) is 32.4 Å². The van der Waals surface area contributed by atoms with Crippen molar-refractivity contribution in [3.63, 3.8) is 0 Å². The number of benzene rings is 1. The van der Waals surface area contributed by atoms with Crippen LogP contribution < -0.4 is 10.6 Å². The second kappa shape index (κ2) is 12.2. The van der Waals surface area contributed by atoms with Crippen LogP contribution in [0.2, 0.25) is 5.02 Å². The van der Waals surface area contributed by atoms with E-state index in [9.17, 15) is 22.8 Å². The Morgan fingerprint density at radius 2 is 2.20 bits per heavy atom. The number of cyclic esters (lactones) is 1. The molecule has 1 saturated heterocycles. The first kappa shape index (κ1) is 28.4. The van der Waals surface area contributed by atoms with Crippen LogP contribution in [0.1, 0.15) is 35.8 Å². The Labute approximate surface area is 240 Å². The lowest BCUT2D eigenvalue weighted by molar-refractivity contribution is 0.0564. The van der Waals surface area contributed by atoms with E-state index in [0.717, 1.165) is 12.3 Å². The molecule has 3 aromatic rings. The number of thiazole rings is 1. The molecule has 2 amide bonds. The van der Waals surface area contributed by atoms with E-state index in [1.165, 1.54) is 34.4 Å². The van der Waals surface area contributed by atoms with E-state index in [1.807, 2.05) is 0 Å². The lowest BCUT2D eigenvalue weighted by Crippen LogP contribution is -2.39. The third-order valence-electron chi connectivity index (χ3n) is 6.15. The zero-order valence-corrected chi connectivity index (χ0v) is 23.0. The fraction of sp³-hybridized carbons (Fsp3) is 0.320. The number of aromatic nitrogens is 3. The number of ether oxygens (including phenoxy) is 2. The topological polar surface area (TPSA) is 123 Å². The fourth-order valence-corrected chi connectivity index (χ4v) is 5.25. The molecule has 41 heavy (non-hydrogen) atoms. The van der Waals surface area contributed by atoms with Crippen LogP contribution >= 0.6 is 22.9 Å². The van der Waals surface area contributed by atoms with Gasteiger partial charge in [-0.25, -0.2) is 23.6 Å². The minimum absolute atomic E-state index is 0.0266. The molecule has 16 heteroatoms. The van der Waals surface area contributed by atoms with Crippen molar-refractivity contribution < 1.29 is 32.2 Å². The molecular weight excluding hydrogens is 587 g/mol. The molecule has 2 atom stereocenters. The number of nitrogens with one attached hydrogen (secondary N) is 2. The van der Waals surface area contributed by atoms with Crippen LogP contribution in [0.4, 0.5) is 22.8 Å². The Hall–Kier alpha value is -4.11. The zero-order chi connectivity index (χ0) is 29.1. The smallest absolute Gasteiger partial charge is 0.410 e. The van der Waals surface area contributed by atoms with Gasteiger partial charge in [0.2, 0.25) is 0 Å². The van der Waals surface area contributed by atoms with Crippen LogP contribution in [0.3, 0.4) is 0 Å². The van der Waals surface area contributed by atoms with E-state index >= 15 is 0 Å². The van der Waals surface area contributed by atoms with E-state index in [2.05, 4.69) is 20.7 Å². The number of halogens is 4. The molecule has 0 aliphatic carbocycles. The molecule has 1 fully saturated rings. The first-order valence-electron chi connectivity index (χ1n) is 12.4. The normalized spacial score (nSPS) is 18.8. The van der Waals surface area contributed by atoms with Gasteiger partial charge < -0.3 is 20.1 Å². The van der Waals surface area contributed by atoms with Crippen LogP contribution in [-0.4, -0.2) is 70.0 Å². The Kier molecular flexibility index (Phi) is 8.44. The van der Waals surface area contributed by atoms with Crippen molar-refractivity contribution in [2.45, 2.75) is 25.6 Å². The molecule has 0 radical (unpaired) electrons. The van der Waals surface area contributed by atoms with Crippen LogP contribution in [0.25, 0.3) is 5.57 Å². The van der Waals surface area contributed by atoms with E-state index in [4.69, 9.17) is 26.1 Å². The summed E-state index contributed by atoms with van der Waals surface area (Å²) < 4.78 is 51.7. The fourth-order valence-electron chi connectivity index (χ4n) is 4.39. The number of alkyl halides is 2. The summed E-state index contributed by atoms with van der Waals surface area (Å²) in [6, 6.07) is 4.28. The zero-order valence-electron chi connectivity index (χ0n) is 21.4. The molecular formula is C25H23ClF3N7O4S. The van der Waals surface area contributed by atoms with Gasteiger partial charge in [0, 0.05) is 39.6 Å². The lowest BCUT2D eigenvalue weighted by Gasteiger charge is -2.29. The van der Waals surface area contributed by atoms with Crippen LogP contribution in [0, 0.1) is 5.82 Å². The number of hydrogen-bond acceptors (Lipinski definition) is 9. The van der Waals surface area contributed by atoms with Crippen molar-refractivity contribution in [2.24, 2.45) is 4.99 Å². The molecule has 0 unspecified atom stereocenters. The number of nitrogens with zero attached hydrogens (tertiary/aromatic N) is 5. The Bertz CT molecular complexity index is 1500. The summed E-state index contributed by atoms with van der Waals surface area (Å²) in [5, 5.41) is 12.1. The molecule has 1 aromatic carbocycles. The molecule has 216 valence electrons. The van der Waals surface area contributed by atoms with Gasteiger partial charge in [0.05, 0.1) is 31.9 Å². The monoisotopic (exact) mass is 609 g/mol. The minimum Gasteiger partial charge on any atom is -0.450 e. The van der Waals surface area contributed by atoms with Gasteiger partial charge in [-0.3, -0.25) is 9.89 Å². The van der Waals surface area contributed by atoms with Gasteiger partial charge >= 0.3 is 18.7 Å². The summed E-state index contributed by atoms with van der Waals surface area (Å²) in [6.07, 6.45) is 0.759. The molecule has 2 aliphatic rings. The highest BCUT2D eigenvalue weighted by atomic mass is 35.5. The molecule has 2 aliphatic heterocycles. The molecule has 0 bridgehead atoms. The van der Waals surface area contributed by atoms with Gasteiger partial charge in [0.15, 0.2) is 10.8 Å².